The number of hydrogen-bond acceptors (Lipinski definition) is 3. The predicted molar refractivity (Wildman–Crippen MR) is 68.8 cm³/mol. The third-order valence-electron chi connectivity index (χ3n) is 2.56. The van der Waals surface area contributed by atoms with Gasteiger partial charge in [0.2, 0.25) is 0 Å². The van der Waals surface area contributed by atoms with Crippen LogP contribution >= 0.6 is 11.8 Å². The van der Waals surface area contributed by atoms with Crippen LogP contribution in [0.25, 0.3) is 0 Å². The Labute approximate surface area is 95.2 Å². The molecule has 0 saturated carbocycles. The molecule has 0 spiro atoms. The summed E-state index contributed by atoms with van der Waals surface area (Å²) >= 11 is 1.85. The normalized spacial score (nSPS) is 20.1. The number of rotatable bonds is 2. The van der Waals surface area contributed by atoms with Gasteiger partial charge in [-0.1, -0.05) is 36.9 Å². The number of hydrogen-bond donors (Lipinski definition) is 1. The lowest BCUT2D eigenvalue weighted by Crippen LogP contribution is -2.07. The van der Waals surface area contributed by atoms with Crippen LogP contribution in [0.4, 0.5) is 5.69 Å². The van der Waals surface area contributed by atoms with Gasteiger partial charge in [0.15, 0.2) is 5.17 Å². The monoisotopic (exact) mass is 220 g/mol. The highest BCUT2D eigenvalue weighted by Gasteiger charge is 2.17. The molecule has 2 nitrogen and oxygen atoms in total. The van der Waals surface area contributed by atoms with Crippen molar-refractivity contribution in [3.05, 3.63) is 29.8 Å². The Kier molecular flexibility index (Phi) is 3.31. The fourth-order valence-corrected chi connectivity index (χ4v) is 2.48. The molecule has 2 rings (SSSR count). The second-order valence-corrected chi connectivity index (χ2v) is 5.02. The van der Waals surface area contributed by atoms with Gasteiger partial charge in [0.05, 0.1) is 6.54 Å². The second-order valence-electron chi connectivity index (χ2n) is 3.73. The molecule has 15 heavy (non-hydrogen) atoms. The molecule has 0 saturated heterocycles. The number of aryl methyl sites for hydroxylation is 1. The molecule has 0 aliphatic carbocycles. The van der Waals surface area contributed by atoms with Crippen molar-refractivity contribution < 1.29 is 0 Å². The van der Waals surface area contributed by atoms with E-state index in [9.17, 15) is 0 Å². The molecule has 0 radical (unpaired) electrons. The maximum absolute atomic E-state index is 4.49. The number of aliphatic imine (C=N–C) groups is 1. The van der Waals surface area contributed by atoms with Gasteiger partial charge in [-0.25, -0.2) is 0 Å². The van der Waals surface area contributed by atoms with Crippen molar-refractivity contribution in [1.29, 1.82) is 0 Å². The standard InChI is InChI=1S/C12H16N2S/c1-3-10-8-13-12(15-10)14-11-7-5-4-6-9(11)2/h4-7,10H,3,8H2,1-2H3,(H,13,14). The van der Waals surface area contributed by atoms with E-state index < -0.39 is 0 Å². The number of anilines is 1. The Morgan fingerprint density at radius 2 is 2.27 bits per heavy atom. The van der Waals surface area contributed by atoms with E-state index in [0.717, 1.165) is 11.7 Å². The molecule has 1 atom stereocenters. The Morgan fingerprint density at radius 3 is 2.93 bits per heavy atom. The van der Waals surface area contributed by atoms with Gasteiger partial charge < -0.3 is 5.32 Å². The van der Waals surface area contributed by atoms with Crippen molar-refractivity contribution >= 4 is 22.6 Å². The van der Waals surface area contributed by atoms with Crippen LogP contribution in [0.15, 0.2) is 29.3 Å². The summed E-state index contributed by atoms with van der Waals surface area (Å²) in [6.07, 6.45) is 1.19. The van der Waals surface area contributed by atoms with Crippen LogP contribution in [-0.4, -0.2) is 17.0 Å². The predicted octanol–water partition coefficient (Wildman–Crippen LogP) is 3.29. The van der Waals surface area contributed by atoms with Crippen LogP contribution in [-0.2, 0) is 0 Å². The average molecular weight is 220 g/mol. The van der Waals surface area contributed by atoms with Gasteiger partial charge in [-0.15, -0.1) is 0 Å². The number of nitrogens with zero attached hydrogens (tertiary/aromatic N) is 1. The molecule has 1 N–H and O–H groups in total. The Bertz CT molecular complexity index is 374. The highest BCUT2D eigenvalue weighted by molar-refractivity contribution is 8.15. The molecule has 0 bridgehead atoms. The summed E-state index contributed by atoms with van der Waals surface area (Å²) < 4.78 is 0. The lowest BCUT2D eigenvalue weighted by molar-refractivity contribution is 0.843. The van der Waals surface area contributed by atoms with E-state index in [1.165, 1.54) is 17.7 Å². The van der Waals surface area contributed by atoms with Crippen molar-refractivity contribution in [2.24, 2.45) is 4.99 Å². The average Bonchev–Trinajstić information content (AvgIpc) is 2.69. The first-order valence-electron chi connectivity index (χ1n) is 5.33. The highest BCUT2D eigenvalue weighted by Crippen LogP contribution is 2.25. The highest BCUT2D eigenvalue weighted by atomic mass is 32.2. The van der Waals surface area contributed by atoms with E-state index >= 15 is 0 Å². The lowest BCUT2D eigenvalue weighted by Gasteiger charge is -2.09. The van der Waals surface area contributed by atoms with E-state index in [2.05, 4.69) is 42.4 Å². The van der Waals surface area contributed by atoms with Crippen molar-refractivity contribution in [1.82, 2.24) is 0 Å². The SMILES string of the molecule is CCC1CN=C(Nc2ccccc2C)S1. The Balaban J connectivity index is 2.02. The van der Waals surface area contributed by atoms with E-state index in [1.807, 2.05) is 17.8 Å². The fraction of sp³-hybridized carbons (Fsp3) is 0.417. The molecule has 1 aliphatic heterocycles. The molecule has 0 aromatic heterocycles. The minimum absolute atomic E-state index is 0.663. The van der Waals surface area contributed by atoms with E-state index in [4.69, 9.17) is 0 Å². The van der Waals surface area contributed by atoms with Crippen LogP contribution in [0.5, 0.6) is 0 Å². The molecular formula is C12H16N2S. The van der Waals surface area contributed by atoms with Gasteiger partial charge in [0, 0.05) is 10.9 Å². The zero-order valence-electron chi connectivity index (χ0n) is 9.16. The molecule has 0 fully saturated rings. The molecule has 80 valence electrons. The first-order chi connectivity index (χ1) is 7.29. The Hall–Kier alpha value is -0.960. The zero-order chi connectivity index (χ0) is 10.7. The number of thioether (sulfide) groups is 1. The molecule has 1 aromatic carbocycles. The van der Waals surface area contributed by atoms with Crippen molar-refractivity contribution in [2.45, 2.75) is 25.5 Å². The van der Waals surface area contributed by atoms with Gasteiger partial charge in [0.25, 0.3) is 0 Å². The van der Waals surface area contributed by atoms with Crippen molar-refractivity contribution in [3.8, 4) is 0 Å². The number of nitrogens with one attached hydrogen (secondary N) is 1. The summed E-state index contributed by atoms with van der Waals surface area (Å²) in [7, 11) is 0. The third-order valence-corrected chi connectivity index (χ3v) is 3.83. The first kappa shape index (κ1) is 10.6. The Morgan fingerprint density at radius 1 is 1.47 bits per heavy atom. The number of amidine groups is 1. The largest absolute Gasteiger partial charge is 0.335 e. The molecule has 1 aromatic rings. The van der Waals surface area contributed by atoms with E-state index in [1.54, 1.807) is 0 Å². The van der Waals surface area contributed by atoms with Crippen LogP contribution in [0.2, 0.25) is 0 Å². The quantitative estimate of drug-likeness (QED) is 0.827. The van der Waals surface area contributed by atoms with Crippen LogP contribution < -0.4 is 5.32 Å². The zero-order valence-corrected chi connectivity index (χ0v) is 9.97. The van der Waals surface area contributed by atoms with E-state index in [-0.39, 0.29) is 0 Å². The number of para-hydroxylation sites is 1. The smallest absolute Gasteiger partial charge is 0.161 e. The van der Waals surface area contributed by atoms with Crippen LogP contribution in [0.1, 0.15) is 18.9 Å². The molecule has 1 aliphatic rings. The summed E-state index contributed by atoms with van der Waals surface area (Å²) in [5, 5.41) is 5.12. The van der Waals surface area contributed by atoms with Gasteiger partial charge in [-0.3, -0.25) is 4.99 Å². The van der Waals surface area contributed by atoms with Gasteiger partial charge >= 0.3 is 0 Å². The summed E-state index contributed by atoms with van der Waals surface area (Å²) in [6, 6.07) is 8.31. The first-order valence-corrected chi connectivity index (χ1v) is 6.21. The molecule has 1 unspecified atom stereocenters. The minimum atomic E-state index is 0.663. The van der Waals surface area contributed by atoms with E-state index in [0.29, 0.717) is 5.25 Å². The minimum Gasteiger partial charge on any atom is -0.335 e. The maximum Gasteiger partial charge on any atom is 0.161 e. The third kappa shape index (κ3) is 2.53. The van der Waals surface area contributed by atoms with Gasteiger partial charge in [-0.2, -0.15) is 0 Å². The molecule has 3 heteroatoms. The van der Waals surface area contributed by atoms with Crippen molar-refractivity contribution in [2.75, 3.05) is 11.9 Å². The second kappa shape index (κ2) is 4.71. The lowest BCUT2D eigenvalue weighted by atomic mass is 10.2. The topological polar surface area (TPSA) is 24.4 Å². The summed E-state index contributed by atoms with van der Waals surface area (Å²) in [5.41, 5.74) is 2.43. The van der Waals surface area contributed by atoms with Gasteiger partial charge in [-0.05, 0) is 25.0 Å². The fourth-order valence-electron chi connectivity index (χ4n) is 1.53. The molecule has 1 heterocycles. The number of benzene rings is 1. The summed E-state index contributed by atoms with van der Waals surface area (Å²) in [5.74, 6) is 0. The summed E-state index contributed by atoms with van der Waals surface area (Å²) in [4.78, 5) is 4.49. The molecule has 0 amide bonds. The van der Waals surface area contributed by atoms with Crippen LogP contribution in [0, 0.1) is 6.92 Å². The maximum atomic E-state index is 4.49. The summed E-state index contributed by atoms with van der Waals surface area (Å²) in [6.45, 7) is 5.28. The van der Waals surface area contributed by atoms with Crippen LogP contribution in [0.3, 0.4) is 0 Å². The van der Waals surface area contributed by atoms with Crippen molar-refractivity contribution in [3.63, 3.8) is 0 Å². The van der Waals surface area contributed by atoms with Gasteiger partial charge in [0.1, 0.15) is 0 Å². The molecular weight excluding hydrogens is 204 g/mol.